The Morgan fingerprint density at radius 1 is 0.900 bits per heavy atom. The van der Waals surface area contributed by atoms with Crippen molar-refractivity contribution in [2.75, 3.05) is 4.90 Å². The first-order valence-electron chi connectivity index (χ1n) is 7.27. The van der Waals surface area contributed by atoms with Crippen LogP contribution in [0.1, 0.15) is 13.3 Å². The molecule has 0 radical (unpaired) electrons. The van der Waals surface area contributed by atoms with Crippen molar-refractivity contribution in [2.45, 2.75) is 31.1 Å². The van der Waals surface area contributed by atoms with Gasteiger partial charge in [-0.05, 0) is 30.7 Å². The van der Waals surface area contributed by atoms with Gasteiger partial charge in [-0.2, -0.15) is 0 Å². The van der Waals surface area contributed by atoms with Crippen LogP contribution in [0.4, 0.5) is 11.4 Å². The lowest BCUT2D eigenvalue weighted by Gasteiger charge is -2.34. The Balaban J connectivity index is 2.38. The van der Waals surface area contributed by atoms with Crippen LogP contribution in [0.25, 0.3) is 0 Å². The van der Waals surface area contributed by atoms with Crippen LogP contribution < -0.4 is 4.90 Å². The van der Waals surface area contributed by atoms with Gasteiger partial charge >= 0.3 is 14.5 Å². The molecule has 2 rings (SSSR count). The van der Waals surface area contributed by atoms with Crippen LogP contribution >= 0.6 is 0 Å². The molecule has 0 N–H and O–H groups in total. The van der Waals surface area contributed by atoms with E-state index < -0.39 is 14.5 Å². The van der Waals surface area contributed by atoms with E-state index in [9.17, 15) is 0 Å². The molecule has 2 aromatic carbocycles. The summed E-state index contributed by atoms with van der Waals surface area (Å²) < 4.78 is 6.24. The number of hydrogen-bond donors (Lipinski definition) is 0. The maximum absolute atomic E-state index is 6.24. The molecule has 0 amide bonds. The second-order valence-electron chi connectivity index (χ2n) is 5.09. The maximum Gasteiger partial charge on any atom is 0.455 e. The van der Waals surface area contributed by atoms with Gasteiger partial charge in [-0.15, -0.1) is 0 Å². The Morgan fingerprint density at radius 3 is 1.70 bits per heavy atom. The summed E-state index contributed by atoms with van der Waals surface area (Å²) in [5.41, 5.74) is 2.36. The molecule has 20 heavy (non-hydrogen) atoms. The molecule has 2 aromatic rings. The number of rotatable bonds is 6. The van der Waals surface area contributed by atoms with Crippen molar-refractivity contribution >= 4 is 25.9 Å². The number of anilines is 2. The second kappa shape index (κ2) is 7.50. The minimum absolute atomic E-state index is 0.103. The number of benzene rings is 2. The molecule has 0 aliphatic carbocycles. The zero-order chi connectivity index (χ0) is 14.4. The fourth-order valence-corrected chi connectivity index (χ4v) is 3.26. The highest BCUT2D eigenvalue weighted by atomic mass is 27.2. The van der Waals surface area contributed by atoms with E-state index >= 15 is 0 Å². The van der Waals surface area contributed by atoms with Crippen molar-refractivity contribution in [2.24, 2.45) is 0 Å². The summed E-state index contributed by atoms with van der Waals surface area (Å²) >= 11 is -1.09. The number of nitrogens with zero attached hydrogens (tertiary/aromatic N) is 1. The molecule has 104 valence electrons. The van der Waals surface area contributed by atoms with Gasteiger partial charge in [0.2, 0.25) is 0 Å². The number of para-hydroxylation sites is 2. The molecule has 3 heteroatoms. The highest BCUT2D eigenvalue weighted by molar-refractivity contribution is 6.48. The van der Waals surface area contributed by atoms with E-state index in [0.29, 0.717) is 0 Å². The van der Waals surface area contributed by atoms with Gasteiger partial charge in [-0.1, -0.05) is 54.9 Å². The molecule has 0 saturated carbocycles. The topological polar surface area (TPSA) is 12.5 Å². The molecule has 0 aromatic heterocycles. The monoisotopic (exact) mass is 283 g/mol. The second-order valence-corrected chi connectivity index (χ2v) is 7.46. The third kappa shape index (κ3) is 3.87. The van der Waals surface area contributed by atoms with Crippen molar-refractivity contribution in [3.8, 4) is 0 Å². The highest BCUT2D eigenvalue weighted by Crippen LogP contribution is 2.29. The van der Waals surface area contributed by atoms with E-state index in [1.54, 1.807) is 0 Å². The van der Waals surface area contributed by atoms with Crippen LogP contribution in [0.5, 0.6) is 0 Å². The fourth-order valence-electron chi connectivity index (χ4n) is 2.31. The van der Waals surface area contributed by atoms with E-state index in [0.717, 1.165) is 6.42 Å². The van der Waals surface area contributed by atoms with Gasteiger partial charge in [0, 0.05) is 11.4 Å². The third-order valence-electron chi connectivity index (χ3n) is 3.14. The molecular formula is C17H22AlNO. The lowest BCUT2D eigenvalue weighted by molar-refractivity contribution is 0.206. The summed E-state index contributed by atoms with van der Waals surface area (Å²) in [4.78, 5) is 2.30. The average Bonchev–Trinajstić information content (AvgIpc) is 2.48. The van der Waals surface area contributed by atoms with Crippen LogP contribution in [0.2, 0.25) is 11.6 Å². The van der Waals surface area contributed by atoms with Crippen LogP contribution in [0, 0.1) is 0 Å². The van der Waals surface area contributed by atoms with Gasteiger partial charge in [-0.25, -0.2) is 0 Å². The summed E-state index contributed by atoms with van der Waals surface area (Å²) in [7, 11) is 0. The van der Waals surface area contributed by atoms with Crippen LogP contribution in [-0.2, 0) is 3.79 Å². The highest BCUT2D eigenvalue weighted by Gasteiger charge is 2.21. The van der Waals surface area contributed by atoms with Gasteiger partial charge in [0.1, 0.15) is 6.23 Å². The first-order valence-corrected chi connectivity index (χ1v) is 10.0. The van der Waals surface area contributed by atoms with E-state index in [2.05, 4.69) is 71.9 Å². The fraction of sp³-hybridized carbons (Fsp3) is 0.294. The van der Waals surface area contributed by atoms with Crippen molar-refractivity contribution in [3.63, 3.8) is 0 Å². The lowest BCUT2D eigenvalue weighted by Crippen LogP contribution is -2.36. The van der Waals surface area contributed by atoms with Crippen molar-refractivity contribution in [1.29, 1.82) is 0 Å². The first-order chi connectivity index (χ1) is 9.72. The molecule has 0 spiro atoms. The summed E-state index contributed by atoms with van der Waals surface area (Å²) in [6, 6.07) is 21.0. The maximum atomic E-state index is 6.24. The molecule has 1 atom stereocenters. The van der Waals surface area contributed by atoms with Gasteiger partial charge < -0.3 is 8.69 Å². The largest absolute Gasteiger partial charge is 0.482 e. The van der Waals surface area contributed by atoms with Gasteiger partial charge in [-0.3, -0.25) is 0 Å². The molecule has 0 saturated heterocycles. The normalized spacial score (nSPS) is 11.9. The third-order valence-corrected chi connectivity index (χ3v) is 3.99. The minimum Gasteiger partial charge on any atom is -0.482 e. The molecular weight excluding hydrogens is 261 g/mol. The van der Waals surface area contributed by atoms with Crippen LogP contribution in [0.3, 0.4) is 0 Å². The molecule has 0 bridgehead atoms. The molecule has 0 aliphatic heterocycles. The Bertz CT molecular complexity index is 461. The molecule has 1 unspecified atom stereocenters. The Kier molecular flexibility index (Phi) is 5.67. The summed E-state index contributed by atoms with van der Waals surface area (Å²) in [5, 5.41) is 0. The van der Waals surface area contributed by atoms with E-state index in [1.165, 1.54) is 11.4 Å². The van der Waals surface area contributed by atoms with Gasteiger partial charge in [0.05, 0.1) is 0 Å². The predicted molar refractivity (Wildman–Crippen MR) is 87.7 cm³/mol. The number of hydrogen-bond acceptors (Lipinski definition) is 2. The zero-order valence-electron chi connectivity index (χ0n) is 12.5. The SMILES string of the molecule is CCC([O][Al]([CH3])[CH3])N(c1ccccc1)c1ccccc1. The molecule has 2 nitrogen and oxygen atoms in total. The smallest absolute Gasteiger partial charge is 0.455 e. The van der Waals surface area contributed by atoms with Crippen molar-refractivity contribution < 1.29 is 3.79 Å². The summed E-state index contributed by atoms with van der Waals surface area (Å²) in [6.45, 7) is 2.18. The molecule has 0 aliphatic rings. The Labute approximate surface area is 126 Å². The van der Waals surface area contributed by atoms with E-state index in [4.69, 9.17) is 3.79 Å². The Morgan fingerprint density at radius 2 is 1.35 bits per heavy atom. The van der Waals surface area contributed by atoms with Crippen LogP contribution in [-0.4, -0.2) is 20.7 Å². The van der Waals surface area contributed by atoms with E-state index in [1.807, 2.05) is 12.1 Å². The average molecular weight is 283 g/mol. The lowest BCUT2D eigenvalue weighted by atomic mass is 10.2. The standard InChI is InChI=1S/C15H16NO.2CH3.Al/c1-2-15(17)16(13-9-5-3-6-10-13)14-11-7-4-8-12-14;;;/h3-12,15H,2H2,1H3;2*1H3;/q-1;;;+1. The molecule has 0 heterocycles. The van der Waals surface area contributed by atoms with E-state index in [-0.39, 0.29) is 6.23 Å². The van der Waals surface area contributed by atoms with Gasteiger partial charge in [0.15, 0.2) is 0 Å². The van der Waals surface area contributed by atoms with Crippen molar-refractivity contribution in [3.05, 3.63) is 60.7 Å². The quantitative estimate of drug-likeness (QED) is 0.556. The zero-order valence-corrected chi connectivity index (χ0v) is 13.6. The summed E-state index contributed by atoms with van der Waals surface area (Å²) in [5.74, 6) is 4.44. The summed E-state index contributed by atoms with van der Waals surface area (Å²) in [6.07, 6.45) is 1.07. The van der Waals surface area contributed by atoms with Crippen LogP contribution in [0.15, 0.2) is 60.7 Å². The predicted octanol–water partition coefficient (Wildman–Crippen LogP) is 4.83. The minimum atomic E-state index is -1.09. The molecule has 0 fully saturated rings. The van der Waals surface area contributed by atoms with Gasteiger partial charge in [0.25, 0.3) is 0 Å². The van der Waals surface area contributed by atoms with Crippen molar-refractivity contribution in [1.82, 2.24) is 0 Å². The first kappa shape index (κ1) is 15.1. The Hall–Kier alpha value is -1.27.